The van der Waals surface area contributed by atoms with Gasteiger partial charge in [0.1, 0.15) is 4.88 Å². The van der Waals surface area contributed by atoms with Crippen LogP contribution in [0, 0.1) is 5.82 Å². The fourth-order valence-corrected chi connectivity index (χ4v) is 2.19. The van der Waals surface area contributed by atoms with Crippen molar-refractivity contribution in [3.8, 4) is 0 Å². The van der Waals surface area contributed by atoms with Gasteiger partial charge in [0.05, 0.1) is 12.7 Å². The van der Waals surface area contributed by atoms with Crippen LogP contribution >= 0.6 is 11.3 Å². The summed E-state index contributed by atoms with van der Waals surface area (Å²) in [6.45, 7) is 0.00444. The predicted molar refractivity (Wildman–Crippen MR) is 61.7 cm³/mol. The Morgan fingerprint density at radius 1 is 1.44 bits per heavy atom. The van der Waals surface area contributed by atoms with Crippen LogP contribution in [0.15, 0.2) is 27.9 Å². The molecular formula is C10H7FN2O4S. The van der Waals surface area contributed by atoms with E-state index in [0.29, 0.717) is 4.88 Å². The van der Waals surface area contributed by atoms with Gasteiger partial charge >= 0.3 is 11.7 Å². The van der Waals surface area contributed by atoms with Crippen LogP contribution in [0.3, 0.4) is 0 Å². The molecule has 2 heterocycles. The van der Waals surface area contributed by atoms with Gasteiger partial charge in [0.15, 0.2) is 0 Å². The van der Waals surface area contributed by atoms with Gasteiger partial charge in [-0.05, 0) is 12.1 Å². The average molecular weight is 270 g/mol. The lowest BCUT2D eigenvalue weighted by Gasteiger charge is -2.02. The molecule has 0 bridgehead atoms. The van der Waals surface area contributed by atoms with Gasteiger partial charge in [-0.3, -0.25) is 14.3 Å². The summed E-state index contributed by atoms with van der Waals surface area (Å²) in [4.78, 5) is 35.4. The molecule has 2 N–H and O–H groups in total. The van der Waals surface area contributed by atoms with Crippen LogP contribution in [0.1, 0.15) is 14.5 Å². The average Bonchev–Trinajstić information content (AvgIpc) is 2.74. The van der Waals surface area contributed by atoms with Gasteiger partial charge in [-0.1, -0.05) is 0 Å². The van der Waals surface area contributed by atoms with E-state index in [1.807, 2.05) is 4.98 Å². The first-order valence-electron chi connectivity index (χ1n) is 4.78. The third-order valence-electron chi connectivity index (χ3n) is 2.17. The molecule has 0 radical (unpaired) electrons. The lowest BCUT2D eigenvalue weighted by molar-refractivity contribution is 0.0702. The van der Waals surface area contributed by atoms with E-state index in [9.17, 15) is 18.8 Å². The largest absolute Gasteiger partial charge is 0.477 e. The minimum Gasteiger partial charge on any atom is -0.477 e. The number of aromatic carboxylic acids is 1. The maximum Gasteiger partial charge on any atom is 0.345 e. The van der Waals surface area contributed by atoms with E-state index >= 15 is 0 Å². The fraction of sp³-hybridized carbons (Fsp3) is 0.100. The summed E-state index contributed by atoms with van der Waals surface area (Å²) in [5.41, 5.74) is -1.82. The molecule has 2 aromatic heterocycles. The Bertz CT molecular complexity index is 715. The summed E-state index contributed by atoms with van der Waals surface area (Å²) in [6, 6.07) is 2.93. The minimum absolute atomic E-state index is 0.00444. The van der Waals surface area contributed by atoms with Crippen LogP contribution in [0.4, 0.5) is 4.39 Å². The Labute approximate surface area is 103 Å². The number of hydrogen-bond donors (Lipinski definition) is 2. The number of carboxylic acid groups (broad SMARTS) is 1. The summed E-state index contributed by atoms with van der Waals surface area (Å²) in [5, 5.41) is 8.73. The Morgan fingerprint density at radius 3 is 2.78 bits per heavy atom. The van der Waals surface area contributed by atoms with Crippen LogP contribution in [-0.4, -0.2) is 20.6 Å². The maximum absolute atomic E-state index is 13.0. The van der Waals surface area contributed by atoms with E-state index < -0.39 is 23.0 Å². The van der Waals surface area contributed by atoms with Crippen molar-refractivity contribution in [2.24, 2.45) is 0 Å². The normalized spacial score (nSPS) is 10.5. The van der Waals surface area contributed by atoms with E-state index in [2.05, 4.69) is 0 Å². The van der Waals surface area contributed by atoms with Gasteiger partial charge in [-0.2, -0.15) is 4.39 Å². The number of H-pyrrole nitrogens is 1. The molecule has 2 aromatic rings. The first-order valence-corrected chi connectivity index (χ1v) is 5.60. The summed E-state index contributed by atoms with van der Waals surface area (Å²) < 4.78 is 14.0. The minimum atomic E-state index is -1.08. The van der Waals surface area contributed by atoms with Gasteiger partial charge < -0.3 is 5.11 Å². The first kappa shape index (κ1) is 12.2. The van der Waals surface area contributed by atoms with Crippen molar-refractivity contribution in [2.75, 3.05) is 0 Å². The zero-order chi connectivity index (χ0) is 13.3. The van der Waals surface area contributed by atoms with Crippen molar-refractivity contribution in [3.05, 3.63) is 54.7 Å². The Morgan fingerprint density at radius 2 is 2.17 bits per heavy atom. The number of thiophene rings is 1. The SMILES string of the molecule is O=C(O)c1ccc(Cn2cc(F)c(=O)[nH]c2=O)s1. The number of nitrogens with one attached hydrogen (secondary N) is 1. The molecule has 8 heteroatoms. The highest BCUT2D eigenvalue weighted by Gasteiger charge is 2.09. The van der Waals surface area contributed by atoms with Crippen LogP contribution in [0.25, 0.3) is 0 Å². The summed E-state index contributed by atoms with van der Waals surface area (Å²) in [7, 11) is 0. The number of rotatable bonds is 3. The zero-order valence-corrected chi connectivity index (χ0v) is 9.66. The molecule has 2 rings (SSSR count). The number of aromatic amines is 1. The molecule has 0 spiro atoms. The van der Waals surface area contributed by atoms with Gasteiger partial charge in [0.2, 0.25) is 5.82 Å². The third kappa shape index (κ3) is 2.38. The van der Waals surface area contributed by atoms with Crippen molar-refractivity contribution < 1.29 is 14.3 Å². The van der Waals surface area contributed by atoms with E-state index in [4.69, 9.17) is 5.11 Å². The first-order chi connectivity index (χ1) is 8.47. The molecule has 0 aliphatic heterocycles. The molecule has 0 saturated heterocycles. The smallest absolute Gasteiger partial charge is 0.345 e. The highest BCUT2D eigenvalue weighted by atomic mass is 32.1. The van der Waals surface area contributed by atoms with Gasteiger partial charge in [-0.25, -0.2) is 9.59 Å². The molecule has 0 saturated carbocycles. The molecule has 0 amide bonds. The molecule has 0 unspecified atom stereocenters. The van der Waals surface area contributed by atoms with E-state index in [0.717, 1.165) is 22.1 Å². The molecule has 94 valence electrons. The lowest BCUT2D eigenvalue weighted by Crippen LogP contribution is -2.31. The number of nitrogens with zero attached hydrogens (tertiary/aromatic N) is 1. The molecule has 6 nitrogen and oxygen atoms in total. The van der Waals surface area contributed by atoms with Crippen LogP contribution in [0.2, 0.25) is 0 Å². The second-order valence-corrected chi connectivity index (χ2v) is 4.60. The van der Waals surface area contributed by atoms with Crippen molar-refractivity contribution >= 4 is 17.3 Å². The lowest BCUT2D eigenvalue weighted by atomic mass is 10.4. The standard InChI is InChI=1S/C10H7FN2O4S/c11-6-4-13(10(17)12-8(6)14)3-5-1-2-7(18-5)9(15)16/h1-2,4H,3H2,(H,15,16)(H,12,14,17). The third-order valence-corrected chi connectivity index (χ3v) is 3.22. The second kappa shape index (κ2) is 4.57. The summed E-state index contributed by atoms with van der Waals surface area (Å²) >= 11 is 0.981. The molecule has 0 fully saturated rings. The second-order valence-electron chi connectivity index (χ2n) is 3.44. The number of aromatic nitrogens is 2. The van der Waals surface area contributed by atoms with Gasteiger partial charge in [0.25, 0.3) is 5.56 Å². The van der Waals surface area contributed by atoms with Crippen molar-refractivity contribution in [1.29, 1.82) is 0 Å². The van der Waals surface area contributed by atoms with Crippen molar-refractivity contribution in [3.63, 3.8) is 0 Å². The van der Waals surface area contributed by atoms with Crippen LogP contribution in [-0.2, 0) is 6.54 Å². The Balaban J connectivity index is 2.34. The van der Waals surface area contributed by atoms with Crippen LogP contribution in [0.5, 0.6) is 0 Å². The topological polar surface area (TPSA) is 92.2 Å². The number of halogens is 1. The predicted octanol–water partition coefficient (Wildman–Crippen LogP) is 0.484. The summed E-state index contributed by atoms with van der Waals surface area (Å²) in [6.07, 6.45) is 0.793. The molecule has 18 heavy (non-hydrogen) atoms. The van der Waals surface area contributed by atoms with Gasteiger partial charge in [-0.15, -0.1) is 11.3 Å². The summed E-state index contributed by atoms with van der Waals surface area (Å²) in [5.74, 6) is -2.13. The van der Waals surface area contributed by atoms with E-state index in [-0.39, 0.29) is 11.4 Å². The van der Waals surface area contributed by atoms with Crippen molar-refractivity contribution in [2.45, 2.75) is 6.54 Å². The number of carboxylic acids is 1. The molecule has 0 aliphatic rings. The van der Waals surface area contributed by atoms with Crippen LogP contribution < -0.4 is 11.2 Å². The highest BCUT2D eigenvalue weighted by Crippen LogP contribution is 2.16. The highest BCUT2D eigenvalue weighted by molar-refractivity contribution is 7.13. The molecule has 0 aliphatic carbocycles. The van der Waals surface area contributed by atoms with E-state index in [1.165, 1.54) is 12.1 Å². The monoisotopic (exact) mass is 270 g/mol. The molecule has 0 aromatic carbocycles. The quantitative estimate of drug-likeness (QED) is 0.848. The number of carbonyl (C=O) groups is 1. The fourth-order valence-electron chi connectivity index (χ4n) is 1.35. The Kier molecular flexibility index (Phi) is 3.11. The van der Waals surface area contributed by atoms with Crippen molar-refractivity contribution in [1.82, 2.24) is 9.55 Å². The van der Waals surface area contributed by atoms with E-state index in [1.54, 1.807) is 0 Å². The number of hydrogen-bond acceptors (Lipinski definition) is 4. The molecular weight excluding hydrogens is 263 g/mol. The zero-order valence-electron chi connectivity index (χ0n) is 8.84. The molecule has 0 atom stereocenters. The maximum atomic E-state index is 13.0. The Hall–Kier alpha value is -2.22. The van der Waals surface area contributed by atoms with Gasteiger partial charge in [0, 0.05) is 4.88 Å².